The number of hydrogen-bond donors (Lipinski definition) is 2. The first kappa shape index (κ1) is 19.7. The summed E-state index contributed by atoms with van der Waals surface area (Å²) in [6.45, 7) is 8.03. The van der Waals surface area contributed by atoms with E-state index < -0.39 is 0 Å². The Bertz CT molecular complexity index is 571. The lowest BCUT2D eigenvalue weighted by Gasteiger charge is -2.22. The zero-order valence-electron chi connectivity index (χ0n) is 16.4. The summed E-state index contributed by atoms with van der Waals surface area (Å²) >= 11 is 0. The SMILES string of the molecule is CN(C)c1ccccc1N(C)C.Cc1c(C)c(N)c(C)c(C)c1N. The fourth-order valence-electron chi connectivity index (χ4n) is 2.59. The van der Waals surface area contributed by atoms with Crippen LogP contribution in [0, 0.1) is 27.7 Å². The van der Waals surface area contributed by atoms with Gasteiger partial charge in [-0.2, -0.15) is 0 Å². The second-order valence-electron chi connectivity index (χ2n) is 6.60. The Hall–Kier alpha value is -2.36. The molecule has 0 unspecified atom stereocenters. The number of rotatable bonds is 2. The Morgan fingerprint density at radius 3 is 1.04 bits per heavy atom. The molecule has 0 spiro atoms. The van der Waals surface area contributed by atoms with Crippen LogP contribution in [0.4, 0.5) is 22.7 Å². The molecule has 4 N–H and O–H groups in total. The number of para-hydroxylation sites is 2. The van der Waals surface area contributed by atoms with E-state index in [4.69, 9.17) is 11.5 Å². The van der Waals surface area contributed by atoms with Crippen LogP contribution in [0.15, 0.2) is 24.3 Å². The van der Waals surface area contributed by atoms with Crippen molar-refractivity contribution in [3.63, 3.8) is 0 Å². The minimum atomic E-state index is 0.874. The van der Waals surface area contributed by atoms with Gasteiger partial charge in [-0.25, -0.2) is 0 Å². The molecular weight excluding hydrogens is 296 g/mol. The predicted octanol–water partition coefficient (Wildman–Crippen LogP) is 3.90. The molecule has 0 saturated heterocycles. The topological polar surface area (TPSA) is 58.5 Å². The summed E-state index contributed by atoms with van der Waals surface area (Å²) < 4.78 is 0. The third-order valence-electron chi connectivity index (χ3n) is 4.59. The van der Waals surface area contributed by atoms with Gasteiger partial charge in [-0.15, -0.1) is 0 Å². The minimum Gasteiger partial charge on any atom is -0.398 e. The standard InChI is InChI=1S/2C10H16N2/c1-11(2)9-7-5-6-8-10(9)12(3)4;1-5-6(2)10(12)8(4)7(3)9(5)11/h5-8H,1-4H3;11-12H2,1-4H3. The maximum absolute atomic E-state index is 5.90. The summed E-state index contributed by atoms with van der Waals surface area (Å²) in [6.07, 6.45) is 0. The molecule has 2 aromatic rings. The van der Waals surface area contributed by atoms with Gasteiger partial charge < -0.3 is 21.3 Å². The molecule has 0 atom stereocenters. The van der Waals surface area contributed by atoms with E-state index in [1.54, 1.807) is 0 Å². The van der Waals surface area contributed by atoms with Crippen molar-refractivity contribution in [2.75, 3.05) is 49.5 Å². The summed E-state index contributed by atoms with van der Waals surface area (Å²) in [5.74, 6) is 0. The van der Waals surface area contributed by atoms with Gasteiger partial charge in [0.2, 0.25) is 0 Å². The molecule has 4 heteroatoms. The molecule has 0 radical (unpaired) electrons. The molecule has 24 heavy (non-hydrogen) atoms. The molecular formula is C20H32N4. The number of nitrogens with two attached hydrogens (primary N) is 2. The minimum absolute atomic E-state index is 0.874. The second kappa shape index (κ2) is 7.95. The molecule has 0 aromatic heterocycles. The lowest BCUT2D eigenvalue weighted by atomic mass is 9.97. The molecule has 2 aromatic carbocycles. The van der Waals surface area contributed by atoms with E-state index >= 15 is 0 Å². The number of anilines is 4. The van der Waals surface area contributed by atoms with E-state index in [2.05, 4.69) is 62.3 Å². The third kappa shape index (κ3) is 4.13. The molecule has 0 heterocycles. The maximum Gasteiger partial charge on any atom is 0.0598 e. The zero-order valence-corrected chi connectivity index (χ0v) is 16.4. The van der Waals surface area contributed by atoms with Crippen molar-refractivity contribution in [3.8, 4) is 0 Å². The number of nitrogens with zero attached hydrogens (tertiary/aromatic N) is 2. The van der Waals surface area contributed by atoms with Crippen LogP contribution >= 0.6 is 0 Å². The van der Waals surface area contributed by atoms with Crippen molar-refractivity contribution in [2.24, 2.45) is 0 Å². The van der Waals surface area contributed by atoms with Gasteiger partial charge in [0.1, 0.15) is 0 Å². The van der Waals surface area contributed by atoms with Crippen LogP contribution in [0.25, 0.3) is 0 Å². The Kier molecular flexibility index (Phi) is 6.52. The van der Waals surface area contributed by atoms with Crippen LogP contribution < -0.4 is 21.3 Å². The quantitative estimate of drug-likeness (QED) is 0.821. The van der Waals surface area contributed by atoms with Gasteiger partial charge in [-0.1, -0.05) is 12.1 Å². The lowest BCUT2D eigenvalue weighted by molar-refractivity contribution is 1.08. The normalized spacial score (nSPS) is 10.0. The monoisotopic (exact) mass is 328 g/mol. The van der Waals surface area contributed by atoms with E-state index in [1.165, 1.54) is 11.4 Å². The highest BCUT2D eigenvalue weighted by Gasteiger charge is 2.09. The molecule has 0 aliphatic rings. The van der Waals surface area contributed by atoms with Gasteiger partial charge in [0.25, 0.3) is 0 Å². The third-order valence-corrected chi connectivity index (χ3v) is 4.59. The van der Waals surface area contributed by atoms with Crippen molar-refractivity contribution in [2.45, 2.75) is 27.7 Å². The average Bonchev–Trinajstić information content (AvgIpc) is 2.57. The first-order valence-electron chi connectivity index (χ1n) is 8.14. The van der Waals surface area contributed by atoms with E-state index in [0.717, 1.165) is 33.6 Å². The van der Waals surface area contributed by atoms with Gasteiger partial charge in [0.15, 0.2) is 0 Å². The van der Waals surface area contributed by atoms with Crippen molar-refractivity contribution in [1.29, 1.82) is 0 Å². The molecule has 0 bridgehead atoms. The molecule has 0 aliphatic heterocycles. The first-order valence-corrected chi connectivity index (χ1v) is 8.14. The molecule has 0 saturated carbocycles. The number of benzene rings is 2. The number of nitrogen functional groups attached to an aromatic ring is 2. The van der Waals surface area contributed by atoms with Gasteiger partial charge in [0, 0.05) is 39.6 Å². The highest BCUT2D eigenvalue weighted by Crippen LogP contribution is 2.29. The molecule has 4 nitrogen and oxygen atoms in total. The zero-order chi connectivity index (χ0) is 18.6. The molecule has 0 fully saturated rings. The van der Waals surface area contributed by atoms with E-state index in [-0.39, 0.29) is 0 Å². The Balaban J connectivity index is 0.000000240. The van der Waals surface area contributed by atoms with E-state index in [0.29, 0.717) is 0 Å². The molecule has 2 rings (SSSR count). The van der Waals surface area contributed by atoms with Crippen molar-refractivity contribution < 1.29 is 0 Å². The number of hydrogen-bond acceptors (Lipinski definition) is 4. The largest absolute Gasteiger partial charge is 0.398 e. The van der Waals surface area contributed by atoms with E-state index in [1.807, 2.05) is 27.7 Å². The van der Waals surface area contributed by atoms with Crippen molar-refractivity contribution >= 4 is 22.7 Å². The second-order valence-corrected chi connectivity index (χ2v) is 6.60. The summed E-state index contributed by atoms with van der Waals surface area (Å²) in [4.78, 5) is 4.24. The van der Waals surface area contributed by atoms with E-state index in [9.17, 15) is 0 Å². The lowest BCUT2D eigenvalue weighted by Crippen LogP contribution is -2.16. The van der Waals surface area contributed by atoms with Gasteiger partial charge in [0.05, 0.1) is 11.4 Å². The maximum atomic E-state index is 5.90. The van der Waals surface area contributed by atoms with Crippen LogP contribution in [0.1, 0.15) is 22.3 Å². The fraction of sp³-hybridized carbons (Fsp3) is 0.400. The summed E-state index contributed by atoms with van der Waals surface area (Å²) in [6, 6.07) is 8.36. The van der Waals surface area contributed by atoms with Crippen molar-refractivity contribution in [1.82, 2.24) is 0 Å². The Morgan fingerprint density at radius 1 is 0.583 bits per heavy atom. The smallest absolute Gasteiger partial charge is 0.0598 e. The summed E-state index contributed by atoms with van der Waals surface area (Å²) in [5.41, 5.74) is 20.5. The highest BCUT2D eigenvalue weighted by molar-refractivity contribution is 5.70. The fourth-order valence-corrected chi connectivity index (χ4v) is 2.59. The van der Waals surface area contributed by atoms with Crippen LogP contribution in [0.5, 0.6) is 0 Å². The van der Waals surface area contributed by atoms with Gasteiger partial charge in [-0.05, 0) is 62.1 Å². The average molecular weight is 329 g/mol. The van der Waals surface area contributed by atoms with Crippen LogP contribution in [-0.2, 0) is 0 Å². The molecule has 0 amide bonds. The highest BCUT2D eigenvalue weighted by atomic mass is 15.1. The van der Waals surface area contributed by atoms with Crippen LogP contribution in [0.2, 0.25) is 0 Å². The Labute approximate surface area is 147 Å². The van der Waals surface area contributed by atoms with Gasteiger partial charge >= 0.3 is 0 Å². The molecule has 0 aliphatic carbocycles. The predicted molar refractivity (Wildman–Crippen MR) is 109 cm³/mol. The first-order chi connectivity index (χ1) is 11.1. The summed E-state index contributed by atoms with van der Waals surface area (Å²) in [7, 11) is 8.23. The Morgan fingerprint density at radius 2 is 0.833 bits per heavy atom. The van der Waals surface area contributed by atoms with Crippen LogP contribution in [0.3, 0.4) is 0 Å². The summed E-state index contributed by atoms with van der Waals surface area (Å²) in [5, 5.41) is 0. The molecule has 132 valence electrons. The van der Waals surface area contributed by atoms with Gasteiger partial charge in [-0.3, -0.25) is 0 Å². The van der Waals surface area contributed by atoms with Crippen LogP contribution in [-0.4, -0.2) is 28.2 Å². The van der Waals surface area contributed by atoms with Crippen molar-refractivity contribution in [3.05, 3.63) is 46.5 Å².